The normalized spacial score (nSPS) is 17.8. The number of hydrogen-bond acceptors (Lipinski definition) is 12. The van der Waals surface area contributed by atoms with Gasteiger partial charge in [-0.2, -0.15) is 13.5 Å². The Morgan fingerprint density at radius 1 is 0.767 bits per heavy atom. The van der Waals surface area contributed by atoms with E-state index in [1.54, 1.807) is 9.80 Å². The van der Waals surface area contributed by atoms with Crippen LogP contribution in [0.3, 0.4) is 0 Å². The van der Waals surface area contributed by atoms with E-state index >= 15 is 0 Å². The van der Waals surface area contributed by atoms with Crippen LogP contribution in [0.4, 0.5) is 9.59 Å². The van der Waals surface area contributed by atoms with Gasteiger partial charge in [0.15, 0.2) is 10.8 Å². The minimum atomic E-state index is -1.10. The number of ketones is 1. The van der Waals surface area contributed by atoms with Crippen molar-refractivity contribution in [2.24, 2.45) is 0 Å². The summed E-state index contributed by atoms with van der Waals surface area (Å²) in [5.41, 5.74) is -1.08. The van der Waals surface area contributed by atoms with Crippen molar-refractivity contribution in [2.45, 2.75) is 105 Å². The molecule has 2 aromatic heterocycles. The van der Waals surface area contributed by atoms with Crippen LogP contribution in [-0.4, -0.2) is 89.0 Å². The maximum Gasteiger partial charge on any atom is 0.410 e. The van der Waals surface area contributed by atoms with Crippen molar-refractivity contribution < 1.29 is 39.2 Å². The summed E-state index contributed by atoms with van der Waals surface area (Å²) in [6, 6.07) is -0.370. The number of nitrogens with zero attached hydrogens (tertiary/aromatic N) is 6. The Morgan fingerprint density at radius 3 is 1.44 bits per heavy atom. The summed E-state index contributed by atoms with van der Waals surface area (Å²) in [4.78, 5) is 49.7. The monoisotopic (exact) mass is 664 g/mol. The molecule has 17 heteroatoms. The second-order valence-corrected chi connectivity index (χ2v) is 13.4. The molecule has 0 aromatic carbocycles. The Morgan fingerprint density at radius 2 is 1.14 bits per heavy atom. The number of likely N-dealkylation sites (tertiary alicyclic amines) is 2. The van der Waals surface area contributed by atoms with Crippen LogP contribution in [0.2, 0.25) is 0 Å². The fraction of sp³-hybridized carbons (Fsp3) is 0.692. The molecule has 2 amide bonds. The van der Waals surface area contributed by atoms with E-state index in [1.807, 2.05) is 41.5 Å². The number of carbonyl (C=O) groups excluding carboxylic acids is 3. The maximum atomic E-state index is 12.2. The van der Waals surface area contributed by atoms with Crippen molar-refractivity contribution >= 4 is 60.1 Å². The number of hydrogen-bond donors (Lipinski definition) is 1. The molecule has 14 nitrogen and oxygen atoms in total. The van der Waals surface area contributed by atoms with Gasteiger partial charge in [0.1, 0.15) is 21.2 Å². The van der Waals surface area contributed by atoms with Crippen molar-refractivity contribution in [1.29, 1.82) is 0 Å². The van der Waals surface area contributed by atoms with E-state index in [0.29, 0.717) is 28.1 Å². The van der Waals surface area contributed by atoms with Gasteiger partial charge in [0.2, 0.25) is 5.01 Å². The zero-order valence-corrected chi connectivity index (χ0v) is 27.4. The first kappa shape index (κ1) is 40.1. The summed E-state index contributed by atoms with van der Waals surface area (Å²) in [5.74, 6) is -1.20. The lowest BCUT2D eigenvalue weighted by Gasteiger charge is -2.27. The van der Waals surface area contributed by atoms with Gasteiger partial charge >= 0.3 is 18.2 Å². The summed E-state index contributed by atoms with van der Waals surface area (Å²) in [6.45, 7) is 13.6. The van der Waals surface area contributed by atoms with Gasteiger partial charge in [-0.3, -0.25) is 14.6 Å². The van der Waals surface area contributed by atoms with Crippen LogP contribution < -0.4 is 0 Å². The highest BCUT2D eigenvalue weighted by Crippen LogP contribution is 2.36. The predicted octanol–water partition coefficient (Wildman–Crippen LogP) is 5.05. The van der Waals surface area contributed by atoms with Gasteiger partial charge in [0.05, 0.1) is 12.1 Å². The fourth-order valence-corrected chi connectivity index (χ4v) is 5.81. The maximum absolute atomic E-state index is 12.2. The molecule has 0 radical (unpaired) electrons. The van der Waals surface area contributed by atoms with Crippen molar-refractivity contribution in [3.8, 4) is 0 Å². The van der Waals surface area contributed by atoms with Crippen molar-refractivity contribution in [2.75, 3.05) is 13.1 Å². The number of ether oxygens (including phenoxy) is 2. The molecule has 2 aromatic rings. The highest BCUT2D eigenvalue weighted by atomic mass is 32.1. The molecule has 2 aliphatic heterocycles. The van der Waals surface area contributed by atoms with Crippen molar-refractivity contribution in [3.63, 3.8) is 0 Å². The molecule has 2 aliphatic rings. The standard InChI is InChI=1S/C13H19N3O3S.C12H17N3O4S.CH4.H2O.H2S/c1-8(17)10-14-15-11(20-10)9-6-5-7-16(9)12(18)19-13(2,3)4;1-12(2,3)19-11(18)15-6-4-5-7(15)8-13-14-9(20-8)10(16)17;;;/h9H,5-7H2,1-4H3;7H,4-6H2,1-3H3,(H,16,17);1H4;2*1H2/t9-;7-;;;/m00.../s1. The van der Waals surface area contributed by atoms with Gasteiger partial charge in [-0.25, -0.2) is 14.4 Å². The molecule has 3 N–H and O–H groups in total. The van der Waals surface area contributed by atoms with Gasteiger partial charge in [-0.05, 0) is 67.2 Å². The Hall–Kier alpha value is -2.89. The molecule has 0 aliphatic carbocycles. The molecule has 0 saturated carbocycles. The molecular formula is C26H44N6O8S3. The van der Waals surface area contributed by atoms with Crippen LogP contribution in [0.25, 0.3) is 0 Å². The van der Waals surface area contributed by atoms with Gasteiger partial charge in [-0.15, -0.1) is 20.4 Å². The van der Waals surface area contributed by atoms with E-state index in [4.69, 9.17) is 14.6 Å². The Bertz CT molecular complexity index is 1150. The minimum absolute atomic E-state index is 0. The van der Waals surface area contributed by atoms with E-state index in [-0.39, 0.29) is 55.4 Å². The molecular weight excluding hydrogens is 621 g/mol. The van der Waals surface area contributed by atoms with E-state index in [0.717, 1.165) is 37.0 Å². The van der Waals surface area contributed by atoms with Crippen LogP contribution >= 0.6 is 36.2 Å². The number of amides is 2. The molecule has 0 spiro atoms. The Labute approximate surface area is 266 Å². The molecule has 43 heavy (non-hydrogen) atoms. The van der Waals surface area contributed by atoms with Crippen molar-refractivity contribution in [3.05, 3.63) is 20.0 Å². The Kier molecular flexibility index (Phi) is 15.2. The summed E-state index contributed by atoms with van der Waals surface area (Å²) in [5, 5.41) is 25.9. The molecule has 2 atom stereocenters. The predicted molar refractivity (Wildman–Crippen MR) is 167 cm³/mol. The zero-order chi connectivity index (χ0) is 29.8. The first-order valence-corrected chi connectivity index (χ1v) is 14.6. The highest BCUT2D eigenvalue weighted by molar-refractivity contribution is 7.59. The van der Waals surface area contributed by atoms with Crippen LogP contribution in [0.5, 0.6) is 0 Å². The van der Waals surface area contributed by atoms with Gasteiger partial charge in [-0.1, -0.05) is 30.1 Å². The number of Topliss-reactive ketones (excluding diaryl/α,β-unsaturated/α-hetero) is 1. The van der Waals surface area contributed by atoms with E-state index < -0.39 is 23.3 Å². The third kappa shape index (κ3) is 11.3. The van der Waals surface area contributed by atoms with E-state index in [2.05, 4.69) is 20.4 Å². The summed E-state index contributed by atoms with van der Waals surface area (Å²) >= 11 is 2.26. The first-order valence-electron chi connectivity index (χ1n) is 13.0. The SMILES string of the molecule is C.CC(=O)c1nnc([C@@H]2CCCN2C(=O)OC(C)(C)C)s1.CC(C)(C)OC(=O)N1CCC[C@H]1c1nnc(C(=O)O)s1.O.S. The average Bonchev–Trinajstić information content (AvgIpc) is 3.62. The molecule has 0 bridgehead atoms. The largest absolute Gasteiger partial charge is 0.476 e. The lowest BCUT2D eigenvalue weighted by molar-refractivity contribution is 0.0213. The molecule has 244 valence electrons. The van der Waals surface area contributed by atoms with Gasteiger partial charge < -0.3 is 20.1 Å². The van der Waals surface area contributed by atoms with Crippen molar-refractivity contribution in [1.82, 2.24) is 30.2 Å². The number of carbonyl (C=O) groups is 4. The minimum Gasteiger partial charge on any atom is -0.476 e. The fourth-order valence-electron chi connectivity index (χ4n) is 4.09. The molecule has 2 saturated heterocycles. The lowest BCUT2D eigenvalue weighted by atomic mass is 10.2. The third-order valence-corrected chi connectivity index (χ3v) is 7.83. The summed E-state index contributed by atoms with van der Waals surface area (Å²) < 4.78 is 10.8. The summed E-state index contributed by atoms with van der Waals surface area (Å²) in [6.07, 6.45) is 2.58. The first-order chi connectivity index (χ1) is 18.6. The topological polar surface area (TPSA) is 197 Å². The highest BCUT2D eigenvalue weighted by Gasteiger charge is 2.36. The van der Waals surface area contributed by atoms with Crippen LogP contribution in [0, 0.1) is 0 Å². The lowest BCUT2D eigenvalue weighted by Crippen LogP contribution is -2.36. The van der Waals surface area contributed by atoms with Crippen LogP contribution in [0.15, 0.2) is 0 Å². The average molecular weight is 665 g/mol. The quantitative estimate of drug-likeness (QED) is 0.430. The number of carboxylic acids is 1. The number of carboxylic acid groups (broad SMARTS) is 1. The second-order valence-electron chi connectivity index (χ2n) is 11.4. The molecule has 2 fully saturated rings. The van der Waals surface area contributed by atoms with Crippen LogP contribution in [0.1, 0.15) is 123 Å². The smallest absolute Gasteiger partial charge is 0.410 e. The zero-order valence-electron chi connectivity index (χ0n) is 24.8. The third-order valence-electron chi connectivity index (χ3n) is 5.70. The second kappa shape index (κ2) is 16.3. The van der Waals surface area contributed by atoms with E-state index in [1.165, 1.54) is 18.3 Å². The number of aromatic nitrogens is 4. The van der Waals surface area contributed by atoms with E-state index in [9.17, 15) is 19.2 Å². The van der Waals surface area contributed by atoms with Gasteiger partial charge in [0.25, 0.3) is 0 Å². The molecule has 0 unspecified atom stereocenters. The molecule has 4 heterocycles. The number of aromatic carboxylic acids is 1. The summed E-state index contributed by atoms with van der Waals surface area (Å²) in [7, 11) is 0. The number of rotatable bonds is 4. The Balaban J connectivity index is 0.000000767. The van der Waals surface area contributed by atoms with Gasteiger partial charge in [0, 0.05) is 20.0 Å². The molecule has 4 rings (SSSR count). The van der Waals surface area contributed by atoms with Crippen LogP contribution in [-0.2, 0) is 9.47 Å².